The van der Waals surface area contributed by atoms with E-state index in [4.69, 9.17) is 16.3 Å². The van der Waals surface area contributed by atoms with Gasteiger partial charge in [-0.3, -0.25) is 10.00 Å². The first kappa shape index (κ1) is 17.8. The lowest BCUT2D eigenvalue weighted by Crippen LogP contribution is -2.34. The first-order valence-corrected chi connectivity index (χ1v) is 8.11. The van der Waals surface area contributed by atoms with Crippen molar-refractivity contribution in [1.29, 1.82) is 0 Å². The second-order valence-corrected chi connectivity index (χ2v) is 5.82. The molecule has 2 N–H and O–H groups in total. The number of urea groups is 1. The lowest BCUT2D eigenvalue weighted by Gasteiger charge is -2.22. The van der Waals surface area contributed by atoms with Gasteiger partial charge in [-0.05, 0) is 48.5 Å². The van der Waals surface area contributed by atoms with Crippen LogP contribution in [0.2, 0.25) is 5.02 Å². The predicted octanol–water partition coefficient (Wildman–Crippen LogP) is 4.45. The third-order valence-electron chi connectivity index (χ3n) is 3.68. The molecule has 0 aliphatic heterocycles. The number of halogens is 2. The largest absolute Gasteiger partial charge is 0.497 e. The molecule has 6 nitrogen and oxygen atoms in total. The fourth-order valence-corrected chi connectivity index (χ4v) is 2.53. The quantitative estimate of drug-likeness (QED) is 0.693. The highest BCUT2D eigenvalue weighted by molar-refractivity contribution is 6.31. The Balaban J connectivity index is 1.85. The molecule has 1 heterocycles. The van der Waals surface area contributed by atoms with Gasteiger partial charge in [0.2, 0.25) is 0 Å². The summed E-state index contributed by atoms with van der Waals surface area (Å²) in [6, 6.07) is 12.4. The van der Waals surface area contributed by atoms with Crippen LogP contribution in [0.1, 0.15) is 5.69 Å². The summed E-state index contributed by atoms with van der Waals surface area (Å²) in [7, 11) is 1.57. The summed E-state index contributed by atoms with van der Waals surface area (Å²) in [4.78, 5) is 14.3. The highest BCUT2D eigenvalue weighted by atomic mass is 35.5. The van der Waals surface area contributed by atoms with E-state index in [0.29, 0.717) is 22.8 Å². The number of hydrogen-bond donors (Lipinski definition) is 2. The first-order chi connectivity index (χ1) is 12.6. The average molecular weight is 375 g/mol. The molecule has 0 radical (unpaired) electrons. The molecule has 134 valence electrons. The van der Waals surface area contributed by atoms with Gasteiger partial charge in [0.05, 0.1) is 24.4 Å². The molecule has 0 bridgehead atoms. The number of amides is 2. The maximum Gasteiger partial charge on any atom is 0.326 e. The third kappa shape index (κ3) is 4.12. The number of rotatable bonds is 5. The van der Waals surface area contributed by atoms with Crippen molar-refractivity contribution >= 4 is 29.0 Å². The first-order valence-electron chi connectivity index (χ1n) is 7.73. The number of nitrogens with zero attached hydrogens (tertiary/aromatic N) is 2. The van der Waals surface area contributed by atoms with Gasteiger partial charge in [0.15, 0.2) is 0 Å². The molecule has 0 aliphatic carbocycles. The molecule has 0 atom stereocenters. The number of methoxy groups -OCH3 is 1. The van der Waals surface area contributed by atoms with Gasteiger partial charge >= 0.3 is 6.03 Å². The molecule has 2 amide bonds. The normalized spacial score (nSPS) is 10.4. The van der Waals surface area contributed by atoms with Crippen molar-refractivity contribution in [3.05, 3.63) is 71.3 Å². The van der Waals surface area contributed by atoms with Crippen molar-refractivity contribution < 1.29 is 13.9 Å². The second kappa shape index (κ2) is 7.88. The van der Waals surface area contributed by atoms with E-state index in [1.807, 2.05) is 0 Å². The number of carbonyl (C=O) groups is 1. The van der Waals surface area contributed by atoms with Gasteiger partial charge in [-0.25, -0.2) is 9.18 Å². The molecule has 1 aromatic heterocycles. The van der Waals surface area contributed by atoms with Gasteiger partial charge < -0.3 is 10.1 Å². The van der Waals surface area contributed by atoms with Crippen LogP contribution in [0.15, 0.2) is 54.7 Å². The van der Waals surface area contributed by atoms with Crippen LogP contribution in [-0.2, 0) is 6.54 Å². The van der Waals surface area contributed by atoms with Gasteiger partial charge in [-0.1, -0.05) is 11.6 Å². The summed E-state index contributed by atoms with van der Waals surface area (Å²) in [5, 5.41) is 9.46. The predicted molar refractivity (Wildman–Crippen MR) is 98.2 cm³/mol. The van der Waals surface area contributed by atoms with E-state index < -0.39 is 11.8 Å². The maximum atomic E-state index is 13.3. The van der Waals surface area contributed by atoms with Crippen molar-refractivity contribution in [3.8, 4) is 5.75 Å². The minimum absolute atomic E-state index is 0.0638. The molecule has 0 fully saturated rings. The number of anilines is 2. The summed E-state index contributed by atoms with van der Waals surface area (Å²) in [5.74, 6) is 0.132. The van der Waals surface area contributed by atoms with Gasteiger partial charge in [-0.15, -0.1) is 0 Å². The topological polar surface area (TPSA) is 70.2 Å². The second-order valence-electron chi connectivity index (χ2n) is 5.41. The Morgan fingerprint density at radius 3 is 2.65 bits per heavy atom. The van der Waals surface area contributed by atoms with Crippen LogP contribution in [0.25, 0.3) is 0 Å². The number of benzene rings is 2. The fraction of sp³-hybridized carbons (Fsp3) is 0.111. The Labute approximate surface area is 154 Å². The highest BCUT2D eigenvalue weighted by Gasteiger charge is 2.18. The van der Waals surface area contributed by atoms with Gasteiger partial charge in [0.1, 0.15) is 11.6 Å². The Kier molecular flexibility index (Phi) is 5.38. The molecule has 8 heteroatoms. The number of aromatic nitrogens is 2. The Morgan fingerprint density at radius 1 is 1.27 bits per heavy atom. The van der Waals surface area contributed by atoms with E-state index in [1.54, 1.807) is 43.6 Å². The zero-order chi connectivity index (χ0) is 18.5. The van der Waals surface area contributed by atoms with Crippen molar-refractivity contribution in [2.45, 2.75) is 6.54 Å². The Morgan fingerprint density at radius 2 is 2.04 bits per heavy atom. The molecular formula is C18H16ClFN4O2. The van der Waals surface area contributed by atoms with Crippen LogP contribution in [0.4, 0.5) is 20.6 Å². The van der Waals surface area contributed by atoms with Gasteiger partial charge in [0, 0.05) is 17.6 Å². The summed E-state index contributed by atoms with van der Waals surface area (Å²) in [6.45, 7) is 0.247. The average Bonchev–Trinajstić information content (AvgIpc) is 3.16. The van der Waals surface area contributed by atoms with Crippen LogP contribution in [0.5, 0.6) is 5.75 Å². The number of aromatic amines is 1. The standard InChI is InChI=1S/C18H16ClFN4O2/c1-26-15-5-3-14(4-6-15)24(11-13-8-9-21-23-13)18(25)22-12-2-7-17(20)16(19)10-12/h2-10H,11H2,1H3,(H,21,23)(H,22,25). The van der Waals surface area contributed by atoms with E-state index in [0.717, 1.165) is 0 Å². The van der Waals surface area contributed by atoms with Crippen molar-refractivity contribution in [2.24, 2.45) is 0 Å². The van der Waals surface area contributed by atoms with Crippen LogP contribution in [-0.4, -0.2) is 23.3 Å². The van der Waals surface area contributed by atoms with Crippen molar-refractivity contribution in [3.63, 3.8) is 0 Å². The van der Waals surface area contributed by atoms with E-state index in [1.165, 1.54) is 23.1 Å². The van der Waals surface area contributed by atoms with E-state index in [2.05, 4.69) is 15.5 Å². The van der Waals surface area contributed by atoms with Gasteiger partial charge in [0.25, 0.3) is 0 Å². The molecule has 26 heavy (non-hydrogen) atoms. The summed E-state index contributed by atoms with van der Waals surface area (Å²) < 4.78 is 18.5. The van der Waals surface area contributed by atoms with E-state index in [9.17, 15) is 9.18 Å². The lowest BCUT2D eigenvalue weighted by molar-refractivity contribution is 0.256. The summed E-state index contributed by atoms with van der Waals surface area (Å²) in [6.07, 6.45) is 1.68. The van der Waals surface area contributed by atoms with Gasteiger partial charge in [-0.2, -0.15) is 5.10 Å². The SMILES string of the molecule is COc1ccc(N(Cc2cc[nH]n2)C(=O)Nc2ccc(F)c(Cl)c2)cc1. The van der Waals surface area contributed by atoms with Crippen molar-refractivity contribution in [2.75, 3.05) is 17.3 Å². The zero-order valence-electron chi connectivity index (χ0n) is 13.9. The minimum Gasteiger partial charge on any atom is -0.497 e. The van der Waals surface area contributed by atoms with Crippen molar-refractivity contribution in [1.82, 2.24) is 10.2 Å². The molecule has 0 spiro atoms. The lowest BCUT2D eigenvalue weighted by atomic mass is 10.2. The fourth-order valence-electron chi connectivity index (χ4n) is 2.35. The highest BCUT2D eigenvalue weighted by Crippen LogP contribution is 2.23. The molecular weight excluding hydrogens is 359 g/mol. The number of ether oxygens (including phenoxy) is 1. The Bertz CT molecular complexity index is 885. The smallest absolute Gasteiger partial charge is 0.326 e. The monoisotopic (exact) mass is 374 g/mol. The molecule has 3 rings (SSSR count). The molecule has 0 aliphatic rings. The Hall–Kier alpha value is -3.06. The van der Waals surface area contributed by atoms with Crippen LogP contribution < -0.4 is 15.0 Å². The summed E-state index contributed by atoms with van der Waals surface area (Å²) in [5.41, 5.74) is 1.73. The number of H-pyrrole nitrogens is 1. The van der Waals surface area contributed by atoms with Crippen LogP contribution in [0.3, 0.4) is 0 Å². The molecule has 0 saturated heterocycles. The molecule has 0 saturated carbocycles. The third-order valence-corrected chi connectivity index (χ3v) is 3.97. The van der Waals surface area contributed by atoms with E-state index in [-0.39, 0.29) is 11.6 Å². The number of nitrogens with one attached hydrogen (secondary N) is 2. The number of carbonyl (C=O) groups excluding carboxylic acids is 1. The van der Waals surface area contributed by atoms with Crippen LogP contribution in [0, 0.1) is 5.82 Å². The van der Waals surface area contributed by atoms with E-state index >= 15 is 0 Å². The minimum atomic E-state index is -0.548. The molecule has 3 aromatic rings. The summed E-state index contributed by atoms with van der Waals surface area (Å²) >= 11 is 5.77. The van der Waals surface area contributed by atoms with Crippen LogP contribution >= 0.6 is 11.6 Å². The molecule has 0 unspecified atom stereocenters. The number of hydrogen-bond acceptors (Lipinski definition) is 3. The zero-order valence-corrected chi connectivity index (χ0v) is 14.6. The molecule has 2 aromatic carbocycles. The maximum absolute atomic E-state index is 13.3.